The lowest BCUT2D eigenvalue weighted by atomic mass is 9.73. The summed E-state index contributed by atoms with van der Waals surface area (Å²) in [7, 11) is 0. The van der Waals surface area contributed by atoms with Gasteiger partial charge in [-0.15, -0.1) is 0 Å². The predicted molar refractivity (Wildman–Crippen MR) is 141 cm³/mol. The first-order valence-corrected chi connectivity index (χ1v) is 13.0. The SMILES string of the molecule is CC(C)(O)c1ccc2c(c1)[C@@H](N)C1(CCN(c3cnc(C(=O)N4CCCn5nccc54)c(N)n3)CC1)C2. The monoisotopic (exact) mass is 502 g/mol. The Morgan fingerprint density at radius 2 is 1.95 bits per heavy atom. The van der Waals surface area contributed by atoms with Gasteiger partial charge in [-0.2, -0.15) is 5.10 Å². The fraction of sp³-hybridized carbons (Fsp3) is 0.481. The van der Waals surface area contributed by atoms with E-state index in [0.29, 0.717) is 12.4 Å². The zero-order chi connectivity index (χ0) is 25.9. The van der Waals surface area contributed by atoms with Gasteiger partial charge in [0.2, 0.25) is 0 Å². The molecular formula is C27H34N8O2. The van der Waals surface area contributed by atoms with E-state index >= 15 is 0 Å². The first-order valence-electron chi connectivity index (χ1n) is 13.0. The van der Waals surface area contributed by atoms with Crippen LogP contribution in [0.15, 0.2) is 36.7 Å². The summed E-state index contributed by atoms with van der Waals surface area (Å²) in [5.74, 6) is 1.33. The molecule has 1 atom stereocenters. The molecule has 1 aromatic carbocycles. The zero-order valence-corrected chi connectivity index (χ0v) is 21.4. The van der Waals surface area contributed by atoms with E-state index in [0.717, 1.165) is 62.3 Å². The molecule has 0 unspecified atom stereocenters. The number of nitrogen functional groups attached to an aromatic ring is 1. The van der Waals surface area contributed by atoms with Crippen LogP contribution in [0.25, 0.3) is 0 Å². The number of carbonyl (C=O) groups excluding carboxylic acids is 1. The smallest absolute Gasteiger partial charge is 0.281 e. The van der Waals surface area contributed by atoms with Crippen LogP contribution in [0.4, 0.5) is 17.5 Å². The quantitative estimate of drug-likeness (QED) is 0.496. The van der Waals surface area contributed by atoms with Crippen molar-refractivity contribution in [1.29, 1.82) is 0 Å². The number of piperidine rings is 1. The summed E-state index contributed by atoms with van der Waals surface area (Å²) >= 11 is 0. The number of fused-ring (bicyclic) bond motifs is 2. The van der Waals surface area contributed by atoms with Gasteiger partial charge in [0.1, 0.15) is 11.6 Å². The van der Waals surface area contributed by atoms with Crippen molar-refractivity contribution in [3.05, 3.63) is 59.0 Å². The topological polar surface area (TPSA) is 139 Å². The first-order chi connectivity index (χ1) is 17.7. The second-order valence-corrected chi connectivity index (χ2v) is 11.2. The minimum Gasteiger partial charge on any atom is -0.386 e. The van der Waals surface area contributed by atoms with Crippen molar-refractivity contribution in [2.24, 2.45) is 11.1 Å². The lowest BCUT2D eigenvalue weighted by molar-refractivity contribution is 0.0784. The molecule has 0 radical (unpaired) electrons. The van der Waals surface area contributed by atoms with Crippen molar-refractivity contribution in [2.45, 2.75) is 57.7 Å². The summed E-state index contributed by atoms with van der Waals surface area (Å²) in [5.41, 5.74) is 15.7. The Hall–Kier alpha value is -3.50. The summed E-state index contributed by atoms with van der Waals surface area (Å²) in [6.07, 6.45) is 6.95. The van der Waals surface area contributed by atoms with Gasteiger partial charge in [-0.1, -0.05) is 18.2 Å². The van der Waals surface area contributed by atoms with Gasteiger partial charge in [0.15, 0.2) is 11.5 Å². The molecule has 3 aliphatic rings. The lowest BCUT2D eigenvalue weighted by Gasteiger charge is -2.42. The van der Waals surface area contributed by atoms with E-state index in [2.05, 4.69) is 32.1 Å². The van der Waals surface area contributed by atoms with E-state index < -0.39 is 5.60 Å². The van der Waals surface area contributed by atoms with Gasteiger partial charge in [-0.05, 0) is 61.6 Å². The zero-order valence-electron chi connectivity index (χ0n) is 21.4. The number of hydrogen-bond acceptors (Lipinski definition) is 8. The molecule has 37 heavy (non-hydrogen) atoms. The molecule has 6 rings (SSSR count). The predicted octanol–water partition coefficient (Wildman–Crippen LogP) is 2.38. The molecule has 2 aliphatic heterocycles. The highest BCUT2D eigenvalue weighted by atomic mass is 16.3. The molecule has 3 aromatic rings. The summed E-state index contributed by atoms with van der Waals surface area (Å²) < 4.78 is 1.82. The van der Waals surface area contributed by atoms with Crippen LogP contribution in [0.3, 0.4) is 0 Å². The number of nitrogens with two attached hydrogens (primary N) is 2. The van der Waals surface area contributed by atoms with E-state index in [4.69, 9.17) is 11.5 Å². The highest BCUT2D eigenvalue weighted by Gasteiger charge is 2.46. The maximum Gasteiger partial charge on any atom is 0.281 e. The van der Waals surface area contributed by atoms with Crippen LogP contribution in [0.5, 0.6) is 0 Å². The molecule has 1 spiro atoms. The van der Waals surface area contributed by atoms with Crippen molar-refractivity contribution in [1.82, 2.24) is 19.7 Å². The van der Waals surface area contributed by atoms with Crippen LogP contribution in [0.2, 0.25) is 0 Å². The third-order valence-electron chi connectivity index (χ3n) is 8.43. The van der Waals surface area contributed by atoms with Gasteiger partial charge in [0.05, 0.1) is 18.0 Å². The standard InChI is InChI=1S/C27H34N8O2/c1-26(2,37)18-5-4-17-15-27(23(28)19(17)14-18)7-12-33(13-8-27)20-16-30-22(24(29)32-20)25(36)34-10-3-11-35-21(34)6-9-31-35/h4-6,9,14,16,23,37H,3,7-8,10-13,15,28H2,1-2H3,(H2,29,32)/t23-/m1/s1. The number of aliphatic hydroxyl groups is 1. The fourth-order valence-electron chi connectivity index (χ4n) is 6.18. The molecule has 0 bridgehead atoms. The molecular weight excluding hydrogens is 468 g/mol. The van der Waals surface area contributed by atoms with Crippen LogP contribution in [0, 0.1) is 5.41 Å². The number of aromatic nitrogens is 4. The van der Waals surface area contributed by atoms with Crippen molar-refractivity contribution in [3.63, 3.8) is 0 Å². The van der Waals surface area contributed by atoms with Gasteiger partial charge in [-0.25, -0.2) is 14.6 Å². The molecule has 1 aliphatic carbocycles. The number of amides is 1. The van der Waals surface area contributed by atoms with Crippen LogP contribution in [0.1, 0.15) is 66.3 Å². The lowest BCUT2D eigenvalue weighted by Crippen LogP contribution is -2.44. The van der Waals surface area contributed by atoms with E-state index in [9.17, 15) is 9.90 Å². The number of anilines is 3. The van der Waals surface area contributed by atoms with Gasteiger partial charge in [0.25, 0.3) is 5.91 Å². The van der Waals surface area contributed by atoms with E-state index in [1.807, 2.05) is 16.8 Å². The number of nitrogens with zero attached hydrogens (tertiary/aromatic N) is 6. The summed E-state index contributed by atoms with van der Waals surface area (Å²) in [4.78, 5) is 26.1. The summed E-state index contributed by atoms with van der Waals surface area (Å²) in [6, 6.07) is 7.98. The van der Waals surface area contributed by atoms with Crippen molar-refractivity contribution >= 4 is 23.4 Å². The van der Waals surface area contributed by atoms with Crippen LogP contribution in [-0.2, 0) is 18.6 Å². The van der Waals surface area contributed by atoms with Crippen LogP contribution < -0.4 is 21.3 Å². The summed E-state index contributed by atoms with van der Waals surface area (Å²) in [5, 5.41) is 14.7. The number of aryl methyl sites for hydroxylation is 1. The van der Waals surface area contributed by atoms with E-state index in [1.165, 1.54) is 5.56 Å². The Kier molecular flexibility index (Phi) is 5.50. The molecule has 4 heterocycles. The molecule has 10 nitrogen and oxygen atoms in total. The van der Waals surface area contributed by atoms with Gasteiger partial charge in [0, 0.05) is 38.3 Å². The highest BCUT2D eigenvalue weighted by Crippen LogP contribution is 2.51. The number of benzene rings is 1. The second kappa shape index (κ2) is 8.53. The Bertz CT molecular complexity index is 1350. The minimum absolute atomic E-state index is 0.0108. The summed E-state index contributed by atoms with van der Waals surface area (Å²) in [6.45, 7) is 6.56. The second-order valence-electron chi connectivity index (χ2n) is 11.2. The molecule has 1 fully saturated rings. The minimum atomic E-state index is -0.894. The molecule has 10 heteroatoms. The molecule has 5 N–H and O–H groups in total. The maximum atomic E-state index is 13.2. The van der Waals surface area contributed by atoms with E-state index in [1.54, 1.807) is 31.1 Å². The van der Waals surface area contributed by atoms with E-state index in [-0.39, 0.29) is 28.9 Å². The van der Waals surface area contributed by atoms with Crippen molar-refractivity contribution in [2.75, 3.05) is 35.2 Å². The van der Waals surface area contributed by atoms with Crippen molar-refractivity contribution in [3.8, 4) is 0 Å². The third kappa shape index (κ3) is 3.95. The maximum absolute atomic E-state index is 13.2. The fourth-order valence-corrected chi connectivity index (χ4v) is 6.18. The average molecular weight is 503 g/mol. The van der Waals surface area contributed by atoms with Gasteiger partial charge >= 0.3 is 0 Å². The number of rotatable bonds is 3. The Labute approximate surface area is 216 Å². The largest absolute Gasteiger partial charge is 0.386 e. The molecule has 1 amide bonds. The van der Waals surface area contributed by atoms with Crippen LogP contribution in [-0.4, -0.2) is 50.4 Å². The third-order valence-corrected chi connectivity index (χ3v) is 8.43. The van der Waals surface area contributed by atoms with Gasteiger partial charge in [-0.3, -0.25) is 9.69 Å². The number of hydrogen-bond donors (Lipinski definition) is 3. The molecule has 194 valence electrons. The Balaban J connectivity index is 1.16. The molecule has 0 saturated carbocycles. The molecule has 2 aromatic heterocycles. The highest BCUT2D eigenvalue weighted by molar-refractivity contribution is 6.07. The number of carbonyl (C=O) groups is 1. The first kappa shape index (κ1) is 23.9. The van der Waals surface area contributed by atoms with Crippen molar-refractivity contribution < 1.29 is 9.90 Å². The van der Waals surface area contributed by atoms with Crippen LogP contribution >= 0.6 is 0 Å². The Morgan fingerprint density at radius 3 is 2.68 bits per heavy atom. The van der Waals surface area contributed by atoms with Gasteiger partial charge < -0.3 is 21.5 Å². The Morgan fingerprint density at radius 1 is 1.16 bits per heavy atom. The molecule has 1 saturated heterocycles. The average Bonchev–Trinajstić information content (AvgIpc) is 3.46. The normalized spacial score (nSPS) is 20.7.